The molecule has 1 heterocycles. The summed E-state index contributed by atoms with van der Waals surface area (Å²) < 4.78 is 11.8. The Morgan fingerprint density at radius 1 is 1.46 bits per heavy atom. The summed E-state index contributed by atoms with van der Waals surface area (Å²) in [7, 11) is 0. The lowest BCUT2D eigenvalue weighted by Gasteiger charge is -2.54. The van der Waals surface area contributed by atoms with Crippen molar-refractivity contribution in [3.8, 4) is 0 Å². The highest BCUT2D eigenvalue weighted by Gasteiger charge is 2.56. The lowest BCUT2D eigenvalue weighted by atomic mass is 9.53. The van der Waals surface area contributed by atoms with E-state index in [2.05, 4.69) is 13.8 Å². The molecule has 0 radical (unpaired) electrons. The maximum Gasteiger partial charge on any atom is 0.334 e. The van der Waals surface area contributed by atoms with Crippen LogP contribution in [-0.2, 0) is 16.0 Å². The van der Waals surface area contributed by atoms with E-state index in [-0.39, 0.29) is 29.5 Å². The van der Waals surface area contributed by atoms with E-state index in [1.807, 2.05) is 13.8 Å². The van der Waals surface area contributed by atoms with Gasteiger partial charge in [-0.1, -0.05) is 19.9 Å². The fraction of sp³-hybridized carbons (Fsp3) is 0.650. The number of ether oxygens (including phenoxy) is 1. The van der Waals surface area contributed by atoms with Crippen LogP contribution >= 0.6 is 0 Å². The third-order valence-corrected chi connectivity index (χ3v) is 6.59. The van der Waals surface area contributed by atoms with Gasteiger partial charge in [-0.3, -0.25) is 0 Å². The fourth-order valence-electron chi connectivity index (χ4n) is 4.55. The molecule has 1 N–H and O–H groups in total. The molecular formula is C20H28O4. The summed E-state index contributed by atoms with van der Waals surface area (Å²) in [6.07, 6.45) is 5.38. The maximum absolute atomic E-state index is 12.5. The SMILES string of the molecule is CC=C(C)C(=O)O[C@@H]1c2c(C)coc2C[C@H]2CC[C@H](O)[C@H](C)[C@]21C. The number of furan rings is 1. The zero-order valence-electron chi connectivity index (χ0n) is 15.3. The highest BCUT2D eigenvalue weighted by molar-refractivity contribution is 5.87. The summed E-state index contributed by atoms with van der Waals surface area (Å²) in [5, 5.41) is 10.5. The van der Waals surface area contributed by atoms with Crippen LogP contribution in [0.3, 0.4) is 0 Å². The Bertz CT molecular complexity index is 671. The zero-order chi connectivity index (χ0) is 17.6. The number of hydrogen-bond acceptors (Lipinski definition) is 4. The Balaban J connectivity index is 2.08. The van der Waals surface area contributed by atoms with Gasteiger partial charge in [0.2, 0.25) is 0 Å². The van der Waals surface area contributed by atoms with Crippen molar-refractivity contribution in [2.45, 2.75) is 66.1 Å². The lowest BCUT2D eigenvalue weighted by Crippen LogP contribution is -2.52. The molecule has 1 fully saturated rings. The third kappa shape index (κ3) is 2.43. The molecular weight excluding hydrogens is 304 g/mol. The predicted octanol–water partition coefficient (Wildman–Crippen LogP) is 4.11. The number of aliphatic hydroxyl groups excluding tert-OH is 1. The van der Waals surface area contributed by atoms with Gasteiger partial charge in [-0.2, -0.15) is 0 Å². The quantitative estimate of drug-likeness (QED) is 0.654. The van der Waals surface area contributed by atoms with Gasteiger partial charge in [0, 0.05) is 23.0 Å². The van der Waals surface area contributed by atoms with Crippen LogP contribution in [0.4, 0.5) is 0 Å². The van der Waals surface area contributed by atoms with Crippen LogP contribution in [0.25, 0.3) is 0 Å². The van der Waals surface area contributed by atoms with Crippen LogP contribution in [0, 0.1) is 24.2 Å². The minimum atomic E-state index is -0.377. The number of carbonyl (C=O) groups is 1. The molecule has 4 heteroatoms. The summed E-state index contributed by atoms with van der Waals surface area (Å²) in [4.78, 5) is 12.5. The molecule has 132 valence electrons. The number of rotatable bonds is 2. The van der Waals surface area contributed by atoms with Crippen LogP contribution < -0.4 is 0 Å². The average molecular weight is 332 g/mol. The molecule has 0 aromatic carbocycles. The maximum atomic E-state index is 12.5. The van der Waals surface area contributed by atoms with E-state index in [1.54, 1.807) is 19.3 Å². The van der Waals surface area contributed by atoms with Crippen molar-refractivity contribution in [2.24, 2.45) is 17.3 Å². The monoisotopic (exact) mass is 332 g/mol. The number of fused-ring (bicyclic) bond motifs is 2. The normalized spacial score (nSPS) is 36.0. The van der Waals surface area contributed by atoms with E-state index < -0.39 is 0 Å². The first kappa shape index (κ1) is 17.3. The van der Waals surface area contributed by atoms with Gasteiger partial charge in [0.15, 0.2) is 0 Å². The Morgan fingerprint density at radius 3 is 2.83 bits per heavy atom. The Morgan fingerprint density at radius 2 is 2.17 bits per heavy atom. The second kappa shape index (κ2) is 6.07. The van der Waals surface area contributed by atoms with Gasteiger partial charge in [-0.25, -0.2) is 4.79 Å². The van der Waals surface area contributed by atoms with Crippen LogP contribution in [0.5, 0.6) is 0 Å². The minimum Gasteiger partial charge on any atom is -0.469 e. The smallest absolute Gasteiger partial charge is 0.334 e. The van der Waals surface area contributed by atoms with E-state index >= 15 is 0 Å². The Labute approximate surface area is 143 Å². The molecule has 5 atom stereocenters. The summed E-state index contributed by atoms with van der Waals surface area (Å²) >= 11 is 0. The molecule has 0 unspecified atom stereocenters. The first-order valence-electron chi connectivity index (χ1n) is 8.89. The van der Waals surface area contributed by atoms with E-state index in [1.165, 1.54) is 0 Å². The van der Waals surface area contributed by atoms with Crippen molar-refractivity contribution in [1.29, 1.82) is 0 Å². The molecule has 3 rings (SSSR count). The summed E-state index contributed by atoms with van der Waals surface area (Å²) in [6.45, 7) is 9.86. The van der Waals surface area contributed by atoms with E-state index in [4.69, 9.17) is 9.15 Å². The predicted molar refractivity (Wildman–Crippen MR) is 91.4 cm³/mol. The molecule has 1 aromatic rings. The van der Waals surface area contributed by atoms with Gasteiger partial charge < -0.3 is 14.3 Å². The molecule has 1 aromatic heterocycles. The number of aliphatic hydroxyl groups is 1. The van der Waals surface area contributed by atoms with Crippen LogP contribution in [0.2, 0.25) is 0 Å². The molecule has 0 saturated heterocycles. The van der Waals surface area contributed by atoms with Gasteiger partial charge in [0.05, 0.1) is 12.4 Å². The molecule has 0 bridgehead atoms. The highest BCUT2D eigenvalue weighted by atomic mass is 16.5. The first-order valence-corrected chi connectivity index (χ1v) is 8.89. The lowest BCUT2D eigenvalue weighted by molar-refractivity contribution is -0.174. The van der Waals surface area contributed by atoms with Crippen LogP contribution in [0.1, 0.15) is 63.5 Å². The Kier molecular flexibility index (Phi) is 4.37. The molecule has 2 aliphatic carbocycles. The molecule has 0 amide bonds. The van der Waals surface area contributed by atoms with E-state index in [0.717, 1.165) is 36.1 Å². The average Bonchev–Trinajstić information content (AvgIpc) is 2.93. The second-order valence-electron chi connectivity index (χ2n) is 7.71. The van der Waals surface area contributed by atoms with Gasteiger partial charge in [0.25, 0.3) is 0 Å². The number of esters is 1. The molecule has 2 aliphatic rings. The summed E-state index contributed by atoms with van der Waals surface area (Å²) in [6, 6.07) is 0. The van der Waals surface area contributed by atoms with E-state index in [9.17, 15) is 9.90 Å². The second-order valence-corrected chi connectivity index (χ2v) is 7.71. The van der Waals surface area contributed by atoms with Crippen molar-refractivity contribution in [2.75, 3.05) is 0 Å². The molecule has 0 aliphatic heterocycles. The number of allylic oxidation sites excluding steroid dienone is 1. The Hall–Kier alpha value is -1.55. The van der Waals surface area contributed by atoms with Crippen molar-refractivity contribution in [1.82, 2.24) is 0 Å². The molecule has 0 spiro atoms. The number of hydrogen-bond donors (Lipinski definition) is 1. The summed E-state index contributed by atoms with van der Waals surface area (Å²) in [5.41, 5.74) is 2.34. The van der Waals surface area contributed by atoms with Gasteiger partial charge in [-0.15, -0.1) is 0 Å². The largest absolute Gasteiger partial charge is 0.469 e. The van der Waals surface area contributed by atoms with Crippen molar-refractivity contribution in [3.63, 3.8) is 0 Å². The van der Waals surface area contributed by atoms with E-state index in [0.29, 0.717) is 11.5 Å². The topological polar surface area (TPSA) is 59.7 Å². The molecule has 24 heavy (non-hydrogen) atoms. The highest BCUT2D eigenvalue weighted by Crippen LogP contribution is 2.59. The number of carbonyl (C=O) groups excluding carboxylic acids is 1. The first-order chi connectivity index (χ1) is 11.3. The molecule has 4 nitrogen and oxygen atoms in total. The van der Waals surface area contributed by atoms with Gasteiger partial charge in [-0.05, 0) is 51.0 Å². The standard InChI is InChI=1S/C20H28O4/c1-6-11(2)19(22)24-18-17-12(3)10-23-16(17)9-14-7-8-15(21)13(4)20(14,18)5/h6,10,13-15,18,21H,7-9H2,1-5H3/t13-,14+,15-,18+,20+/m0/s1. The third-order valence-electron chi connectivity index (χ3n) is 6.59. The van der Waals surface area contributed by atoms with Crippen LogP contribution in [0.15, 0.2) is 22.3 Å². The summed E-state index contributed by atoms with van der Waals surface area (Å²) in [5.74, 6) is 1.05. The zero-order valence-corrected chi connectivity index (χ0v) is 15.3. The van der Waals surface area contributed by atoms with Gasteiger partial charge >= 0.3 is 5.97 Å². The van der Waals surface area contributed by atoms with Crippen LogP contribution in [-0.4, -0.2) is 17.2 Å². The molecule has 1 saturated carbocycles. The van der Waals surface area contributed by atoms with Gasteiger partial charge in [0.1, 0.15) is 11.9 Å². The fourth-order valence-corrected chi connectivity index (χ4v) is 4.55. The minimum absolute atomic E-state index is 0.0578. The number of aryl methyl sites for hydroxylation is 1. The van der Waals surface area contributed by atoms with Crippen molar-refractivity contribution in [3.05, 3.63) is 34.8 Å². The van der Waals surface area contributed by atoms with Crippen molar-refractivity contribution >= 4 is 5.97 Å². The van der Waals surface area contributed by atoms with Crippen molar-refractivity contribution < 1.29 is 19.1 Å².